The number of benzene rings is 2. The summed E-state index contributed by atoms with van der Waals surface area (Å²) >= 11 is 6.32. The van der Waals surface area contributed by atoms with Crippen molar-refractivity contribution in [2.24, 2.45) is 7.05 Å². The van der Waals surface area contributed by atoms with E-state index in [0.29, 0.717) is 6.54 Å². The molecule has 1 saturated heterocycles. The summed E-state index contributed by atoms with van der Waals surface area (Å²) in [7, 11) is 2.03. The third-order valence-electron chi connectivity index (χ3n) is 5.28. The Bertz CT molecular complexity index is 899. The van der Waals surface area contributed by atoms with Gasteiger partial charge in [-0.2, -0.15) is 0 Å². The Kier molecular flexibility index (Phi) is 4.90. The van der Waals surface area contributed by atoms with E-state index in [1.54, 1.807) is 0 Å². The van der Waals surface area contributed by atoms with Gasteiger partial charge in [-0.3, -0.25) is 4.90 Å². The molecule has 0 spiro atoms. The summed E-state index contributed by atoms with van der Waals surface area (Å²) in [6.45, 7) is 4.35. The molecule has 4 rings (SSSR count). The molecule has 1 aliphatic rings. The third-order valence-corrected chi connectivity index (χ3v) is 5.60. The van der Waals surface area contributed by atoms with E-state index >= 15 is 0 Å². The molecule has 5 heteroatoms. The van der Waals surface area contributed by atoms with Gasteiger partial charge in [-0.15, -0.1) is 0 Å². The number of nitrogens with zero attached hydrogens (tertiary/aromatic N) is 3. The second-order valence-electron chi connectivity index (χ2n) is 6.97. The number of aliphatic hydroxyl groups excluding tert-OH is 1. The maximum atomic E-state index is 10.8. The highest BCUT2D eigenvalue weighted by molar-refractivity contribution is 6.33. The first-order valence-electron chi connectivity index (χ1n) is 9.07. The second kappa shape index (κ2) is 7.31. The fraction of sp³-hybridized carbons (Fsp3) is 0.333. The summed E-state index contributed by atoms with van der Waals surface area (Å²) in [5.41, 5.74) is 3.27. The van der Waals surface area contributed by atoms with E-state index in [1.807, 2.05) is 37.4 Å². The van der Waals surface area contributed by atoms with Gasteiger partial charge >= 0.3 is 0 Å². The quantitative estimate of drug-likeness (QED) is 0.761. The number of anilines is 1. The lowest BCUT2D eigenvalue weighted by Crippen LogP contribution is -2.47. The normalized spacial score (nSPS) is 17.0. The highest BCUT2D eigenvalue weighted by Crippen LogP contribution is 2.28. The molecule has 1 aromatic heterocycles. The van der Waals surface area contributed by atoms with Crippen LogP contribution in [0.2, 0.25) is 5.02 Å². The Balaban J connectivity index is 1.42. The van der Waals surface area contributed by atoms with Gasteiger partial charge in [-0.1, -0.05) is 41.9 Å². The lowest BCUT2D eigenvalue weighted by molar-refractivity contribution is 0.110. The summed E-state index contributed by atoms with van der Waals surface area (Å²) in [6, 6.07) is 16.2. The number of aryl methyl sites for hydroxylation is 1. The molecule has 3 aromatic rings. The molecule has 0 saturated carbocycles. The minimum Gasteiger partial charge on any atom is -0.387 e. The van der Waals surface area contributed by atoms with Crippen molar-refractivity contribution in [3.8, 4) is 0 Å². The lowest BCUT2D eigenvalue weighted by atomic mass is 10.1. The maximum absolute atomic E-state index is 10.8. The van der Waals surface area contributed by atoms with Gasteiger partial charge in [0.05, 0.1) is 16.8 Å². The number of β-amino-alcohol motifs (C(OH)–C–C–N with tert-alkyl or cyclic N) is 1. The largest absolute Gasteiger partial charge is 0.387 e. The average Bonchev–Trinajstić information content (AvgIpc) is 3.00. The number of rotatable bonds is 4. The molecule has 1 fully saturated rings. The minimum absolute atomic E-state index is 0.479. The van der Waals surface area contributed by atoms with Crippen molar-refractivity contribution in [2.75, 3.05) is 37.6 Å². The van der Waals surface area contributed by atoms with Gasteiger partial charge < -0.3 is 14.6 Å². The number of halogens is 1. The maximum Gasteiger partial charge on any atom is 0.0937 e. The molecule has 1 aliphatic heterocycles. The smallest absolute Gasteiger partial charge is 0.0937 e. The number of aliphatic hydroxyl groups is 1. The lowest BCUT2D eigenvalue weighted by Gasteiger charge is -2.37. The first-order chi connectivity index (χ1) is 12.6. The SMILES string of the molecule is Cn1cc(C(O)CN2CCN(c3ccccc3Cl)CC2)c2ccccc21. The summed E-state index contributed by atoms with van der Waals surface area (Å²) in [4.78, 5) is 4.66. The Morgan fingerprint density at radius 1 is 1.00 bits per heavy atom. The van der Waals surface area contributed by atoms with Gasteiger partial charge in [0.15, 0.2) is 0 Å². The molecule has 1 atom stereocenters. The standard InChI is InChI=1S/C21H24ClN3O/c1-23-14-17(16-6-2-4-8-19(16)23)21(26)15-24-10-12-25(13-11-24)20-9-5-3-7-18(20)22/h2-9,14,21,26H,10-13,15H2,1H3. The van der Waals surface area contributed by atoms with Gasteiger partial charge in [0.2, 0.25) is 0 Å². The summed E-state index contributed by atoms with van der Waals surface area (Å²) < 4.78 is 2.09. The fourth-order valence-electron chi connectivity index (χ4n) is 3.86. The first kappa shape index (κ1) is 17.4. The summed E-state index contributed by atoms with van der Waals surface area (Å²) in [5, 5.41) is 12.8. The summed E-state index contributed by atoms with van der Waals surface area (Å²) in [6.07, 6.45) is 1.57. The molecule has 1 N–H and O–H groups in total. The number of piperazine rings is 1. The van der Waals surface area contributed by atoms with Gasteiger partial charge in [-0.05, 0) is 18.2 Å². The predicted molar refractivity (Wildman–Crippen MR) is 108 cm³/mol. The average molecular weight is 370 g/mol. The molecular weight excluding hydrogens is 346 g/mol. The second-order valence-corrected chi connectivity index (χ2v) is 7.37. The molecular formula is C21H24ClN3O. The molecule has 26 heavy (non-hydrogen) atoms. The minimum atomic E-state index is -0.479. The Morgan fingerprint density at radius 3 is 2.46 bits per heavy atom. The van der Waals surface area contributed by atoms with Crippen LogP contribution in [0.3, 0.4) is 0 Å². The van der Waals surface area contributed by atoms with Crippen molar-refractivity contribution in [1.29, 1.82) is 0 Å². The van der Waals surface area contributed by atoms with E-state index in [4.69, 9.17) is 11.6 Å². The van der Waals surface area contributed by atoms with Gasteiger partial charge in [0, 0.05) is 62.4 Å². The van der Waals surface area contributed by atoms with Crippen LogP contribution in [-0.4, -0.2) is 47.3 Å². The number of para-hydroxylation sites is 2. The Hall–Kier alpha value is -2.01. The van der Waals surface area contributed by atoms with Crippen LogP contribution in [0.25, 0.3) is 10.9 Å². The number of hydrogen-bond donors (Lipinski definition) is 1. The van der Waals surface area contributed by atoms with E-state index in [9.17, 15) is 5.11 Å². The van der Waals surface area contributed by atoms with Crippen molar-refractivity contribution in [2.45, 2.75) is 6.10 Å². The van der Waals surface area contributed by atoms with Crippen LogP contribution in [0.4, 0.5) is 5.69 Å². The zero-order valence-electron chi connectivity index (χ0n) is 15.0. The Labute approximate surface area is 159 Å². The monoisotopic (exact) mass is 369 g/mol. The molecule has 0 amide bonds. The van der Waals surface area contributed by atoms with Gasteiger partial charge in [0.25, 0.3) is 0 Å². The van der Waals surface area contributed by atoms with Crippen molar-refractivity contribution in [1.82, 2.24) is 9.47 Å². The van der Waals surface area contributed by atoms with E-state index in [0.717, 1.165) is 53.4 Å². The van der Waals surface area contributed by atoms with E-state index in [-0.39, 0.29) is 0 Å². The fourth-order valence-corrected chi connectivity index (χ4v) is 4.12. The molecule has 0 bridgehead atoms. The first-order valence-corrected chi connectivity index (χ1v) is 9.45. The van der Waals surface area contributed by atoms with Crippen LogP contribution in [0, 0.1) is 0 Å². The zero-order chi connectivity index (χ0) is 18.1. The highest BCUT2D eigenvalue weighted by Gasteiger charge is 2.22. The van der Waals surface area contributed by atoms with Gasteiger partial charge in [-0.25, -0.2) is 0 Å². The van der Waals surface area contributed by atoms with Crippen molar-refractivity contribution in [3.05, 3.63) is 65.3 Å². The highest BCUT2D eigenvalue weighted by atomic mass is 35.5. The third kappa shape index (κ3) is 3.32. The number of hydrogen-bond acceptors (Lipinski definition) is 3. The van der Waals surface area contributed by atoms with Crippen LogP contribution < -0.4 is 4.90 Å². The van der Waals surface area contributed by atoms with E-state index in [2.05, 4.69) is 38.8 Å². The van der Waals surface area contributed by atoms with Crippen LogP contribution in [-0.2, 0) is 7.05 Å². The van der Waals surface area contributed by atoms with Crippen LogP contribution in [0.5, 0.6) is 0 Å². The summed E-state index contributed by atoms with van der Waals surface area (Å²) in [5.74, 6) is 0. The van der Waals surface area contributed by atoms with Gasteiger partial charge in [0.1, 0.15) is 0 Å². The van der Waals surface area contributed by atoms with Crippen LogP contribution in [0.15, 0.2) is 54.7 Å². The molecule has 0 aliphatic carbocycles. The van der Waals surface area contributed by atoms with Crippen molar-refractivity contribution in [3.63, 3.8) is 0 Å². The van der Waals surface area contributed by atoms with E-state index in [1.165, 1.54) is 0 Å². The predicted octanol–water partition coefficient (Wildman–Crippen LogP) is 3.69. The van der Waals surface area contributed by atoms with E-state index < -0.39 is 6.10 Å². The van der Waals surface area contributed by atoms with Crippen LogP contribution in [0.1, 0.15) is 11.7 Å². The van der Waals surface area contributed by atoms with Crippen molar-refractivity contribution < 1.29 is 5.11 Å². The molecule has 136 valence electrons. The number of fused-ring (bicyclic) bond motifs is 1. The molecule has 1 unspecified atom stereocenters. The molecule has 2 aromatic carbocycles. The molecule has 4 nitrogen and oxygen atoms in total. The molecule has 0 radical (unpaired) electrons. The topological polar surface area (TPSA) is 31.6 Å². The zero-order valence-corrected chi connectivity index (χ0v) is 15.7. The molecule has 2 heterocycles. The van der Waals surface area contributed by atoms with Crippen molar-refractivity contribution >= 4 is 28.2 Å². The number of aromatic nitrogens is 1. The Morgan fingerprint density at radius 2 is 1.69 bits per heavy atom. The van der Waals surface area contributed by atoms with Crippen LogP contribution >= 0.6 is 11.6 Å².